The largest absolute Gasteiger partial charge is 0.518 e. The number of allylic oxidation sites excluding steroid dienone is 2. The Kier molecular flexibility index (Phi) is 17.8. The third-order valence-electron chi connectivity index (χ3n) is 2.31. The van der Waals surface area contributed by atoms with Crippen molar-refractivity contribution in [1.82, 2.24) is 0 Å². The molecule has 0 fully saturated rings. The van der Waals surface area contributed by atoms with Crippen LogP contribution in [0, 0.1) is 13.2 Å². The van der Waals surface area contributed by atoms with Gasteiger partial charge in [0.25, 0.3) is 0 Å². The van der Waals surface area contributed by atoms with Crippen molar-refractivity contribution in [2.24, 2.45) is 6.99 Å². The Hall–Kier alpha value is -0.232. The third-order valence-corrected chi connectivity index (χ3v) is 5.14. The molecular formula is C16H32MoN2. The van der Waals surface area contributed by atoms with Crippen LogP contribution >= 0.6 is 0 Å². The molecule has 0 heterocycles. The van der Waals surface area contributed by atoms with Crippen molar-refractivity contribution in [1.29, 1.82) is 0 Å². The van der Waals surface area contributed by atoms with Crippen LogP contribution in [0.5, 0.6) is 0 Å². The fraction of sp³-hybridized carbons (Fsp3) is 0.750. The molecule has 0 amide bonds. The molecule has 0 aliphatic rings. The minimum atomic E-state index is -0.492. The van der Waals surface area contributed by atoms with Gasteiger partial charge in [0.15, 0.2) is 0 Å². The number of rotatable bonds is 4. The summed E-state index contributed by atoms with van der Waals surface area (Å²) in [4.78, 5) is 0. The summed E-state index contributed by atoms with van der Waals surface area (Å²) >= 11 is -0.492. The van der Waals surface area contributed by atoms with Gasteiger partial charge in [-0.15, -0.1) is 0 Å². The predicted molar refractivity (Wildman–Crippen MR) is 82.7 cm³/mol. The second-order valence-electron chi connectivity index (χ2n) is 5.26. The Labute approximate surface area is 130 Å². The van der Waals surface area contributed by atoms with Crippen LogP contribution in [-0.4, -0.2) is 11.1 Å². The fourth-order valence-corrected chi connectivity index (χ4v) is 2.19. The van der Waals surface area contributed by atoms with E-state index >= 15 is 0 Å². The van der Waals surface area contributed by atoms with Gasteiger partial charge >= 0.3 is 90.7 Å². The van der Waals surface area contributed by atoms with Crippen molar-refractivity contribution >= 4 is 0 Å². The molecule has 112 valence electrons. The SMILES string of the molecule is CCC(C)(C)[N]=[Mo+2]=[N]C(C)(C)CC.[CH-]=CC.[CH-]=CC. The van der Waals surface area contributed by atoms with Crippen LogP contribution in [0.1, 0.15) is 68.2 Å². The van der Waals surface area contributed by atoms with Crippen LogP contribution < -0.4 is 0 Å². The molecule has 0 aromatic heterocycles. The van der Waals surface area contributed by atoms with Gasteiger partial charge in [-0.3, -0.25) is 12.2 Å². The summed E-state index contributed by atoms with van der Waals surface area (Å²) < 4.78 is 9.34. The summed E-state index contributed by atoms with van der Waals surface area (Å²) in [6, 6.07) is 0. The Morgan fingerprint density at radius 1 is 0.842 bits per heavy atom. The van der Waals surface area contributed by atoms with Crippen LogP contribution in [0.15, 0.2) is 19.1 Å². The molecular weight excluding hydrogens is 316 g/mol. The van der Waals surface area contributed by atoms with Crippen LogP contribution in [0.4, 0.5) is 0 Å². The van der Waals surface area contributed by atoms with Crippen LogP contribution in [0.3, 0.4) is 0 Å². The zero-order chi connectivity index (χ0) is 15.9. The first-order valence-corrected chi connectivity index (χ1v) is 8.55. The average Bonchev–Trinajstić information content (AvgIpc) is 2.31. The van der Waals surface area contributed by atoms with E-state index in [1.807, 2.05) is 0 Å². The summed E-state index contributed by atoms with van der Waals surface area (Å²) in [5.41, 5.74) is 0.297. The van der Waals surface area contributed by atoms with Gasteiger partial charge in [0.1, 0.15) is 0 Å². The van der Waals surface area contributed by atoms with Gasteiger partial charge in [-0.2, -0.15) is 0 Å². The first kappa shape index (κ1) is 23.8. The van der Waals surface area contributed by atoms with Gasteiger partial charge in [-0.1, -0.05) is 13.8 Å². The molecule has 0 aliphatic heterocycles. The van der Waals surface area contributed by atoms with Gasteiger partial charge in [-0.25, -0.2) is 0 Å². The topological polar surface area (TPSA) is 24.7 Å². The molecule has 0 atom stereocenters. The van der Waals surface area contributed by atoms with Crippen molar-refractivity contribution in [3.8, 4) is 0 Å². The molecule has 3 heteroatoms. The quantitative estimate of drug-likeness (QED) is 0.453. The van der Waals surface area contributed by atoms with Gasteiger partial charge < -0.3 is 13.2 Å². The van der Waals surface area contributed by atoms with Crippen molar-refractivity contribution in [2.75, 3.05) is 0 Å². The third kappa shape index (κ3) is 23.3. The summed E-state index contributed by atoms with van der Waals surface area (Å²) in [5, 5.41) is 0. The normalized spacial score (nSPS) is 9.68. The van der Waals surface area contributed by atoms with Crippen LogP contribution in [0.2, 0.25) is 0 Å². The zero-order valence-electron chi connectivity index (χ0n) is 14.0. The van der Waals surface area contributed by atoms with E-state index in [2.05, 4.69) is 48.5 Å². The molecule has 0 rings (SSSR count). The zero-order valence-corrected chi connectivity index (χ0v) is 16.0. The standard InChI is InChI=1S/2C5H11N.2C3H5.Mo/c2*1-4-5(2,3)6;2*1-3-2;/h2*4H2,1-3H3;2*1,3H,2H3;/q;;2*-1;+2. The second kappa shape index (κ2) is 14.2. The molecule has 0 unspecified atom stereocenters. The molecule has 0 aromatic carbocycles. The maximum absolute atomic E-state index is 4.72. The summed E-state index contributed by atoms with van der Waals surface area (Å²) in [5.74, 6) is 0. The first-order valence-electron chi connectivity index (χ1n) is 6.76. The van der Waals surface area contributed by atoms with Gasteiger partial charge in [-0.05, 0) is 0 Å². The summed E-state index contributed by atoms with van der Waals surface area (Å²) in [6.45, 7) is 26.1. The molecule has 2 nitrogen and oxygen atoms in total. The van der Waals surface area contributed by atoms with Crippen molar-refractivity contribution < 1.29 is 18.2 Å². The minimum absolute atomic E-state index is 0.148. The monoisotopic (exact) mass is 350 g/mol. The molecule has 0 N–H and O–H groups in total. The molecule has 0 bridgehead atoms. The van der Waals surface area contributed by atoms with E-state index in [0.717, 1.165) is 12.8 Å². The van der Waals surface area contributed by atoms with E-state index < -0.39 is 18.2 Å². The molecule has 0 aliphatic carbocycles. The van der Waals surface area contributed by atoms with Crippen LogP contribution in [0.25, 0.3) is 0 Å². The minimum Gasteiger partial charge on any atom is -0.518 e. The van der Waals surface area contributed by atoms with Gasteiger partial charge in [0, 0.05) is 0 Å². The van der Waals surface area contributed by atoms with E-state index in [-0.39, 0.29) is 11.1 Å². The molecule has 0 saturated heterocycles. The van der Waals surface area contributed by atoms with Crippen molar-refractivity contribution in [3.05, 3.63) is 25.3 Å². The maximum Gasteiger partial charge on any atom is -0.0794 e. The average molecular weight is 348 g/mol. The summed E-state index contributed by atoms with van der Waals surface area (Å²) in [7, 11) is 0. The fourth-order valence-electron chi connectivity index (χ4n) is 0.371. The van der Waals surface area contributed by atoms with E-state index in [9.17, 15) is 0 Å². The summed E-state index contributed by atoms with van der Waals surface area (Å²) in [6.07, 6.45) is 5.22. The van der Waals surface area contributed by atoms with E-state index in [4.69, 9.17) is 13.2 Å². The first-order chi connectivity index (χ1) is 8.66. The Morgan fingerprint density at radius 3 is 1.21 bits per heavy atom. The van der Waals surface area contributed by atoms with Gasteiger partial charge in [0.2, 0.25) is 0 Å². The van der Waals surface area contributed by atoms with Crippen molar-refractivity contribution in [2.45, 2.75) is 79.3 Å². The van der Waals surface area contributed by atoms with E-state index in [1.165, 1.54) is 12.2 Å². The maximum atomic E-state index is 4.72. The Balaban J connectivity index is -0.000000360. The molecule has 0 radical (unpaired) electrons. The van der Waals surface area contributed by atoms with Gasteiger partial charge in [0.05, 0.1) is 0 Å². The number of hydrogen-bond donors (Lipinski definition) is 0. The molecule has 19 heavy (non-hydrogen) atoms. The van der Waals surface area contributed by atoms with E-state index in [1.54, 1.807) is 13.8 Å². The van der Waals surface area contributed by atoms with Crippen LogP contribution in [-0.2, 0) is 18.2 Å². The van der Waals surface area contributed by atoms with E-state index in [0.29, 0.717) is 0 Å². The second-order valence-corrected chi connectivity index (χ2v) is 6.56. The molecule has 0 aromatic rings. The van der Waals surface area contributed by atoms with Crippen molar-refractivity contribution in [3.63, 3.8) is 0 Å². The Morgan fingerprint density at radius 2 is 1.05 bits per heavy atom. The predicted octanol–water partition coefficient (Wildman–Crippen LogP) is 5.80. The Bertz CT molecular complexity index is 259. The molecule has 0 spiro atoms. The number of hydrogen-bond acceptors (Lipinski definition) is 2. The molecule has 0 saturated carbocycles. The smallest absolute Gasteiger partial charge is 0.0794 e. The number of nitrogens with zero attached hydrogens (tertiary/aromatic N) is 2.